The van der Waals surface area contributed by atoms with Crippen molar-refractivity contribution in [1.82, 2.24) is 4.90 Å². The fraction of sp³-hybridized carbons (Fsp3) is 0.500. The second-order valence-electron chi connectivity index (χ2n) is 8.82. The molecule has 1 heterocycles. The van der Waals surface area contributed by atoms with Crippen LogP contribution in [0.2, 0.25) is 0 Å². The van der Waals surface area contributed by atoms with Gasteiger partial charge in [-0.05, 0) is 67.5 Å². The van der Waals surface area contributed by atoms with Crippen LogP contribution in [-0.4, -0.2) is 50.3 Å². The third-order valence-corrected chi connectivity index (χ3v) is 6.39. The normalized spacial score (nSPS) is 21.9. The van der Waals surface area contributed by atoms with Gasteiger partial charge >= 0.3 is 0 Å². The van der Waals surface area contributed by atoms with E-state index in [2.05, 4.69) is 34.5 Å². The molecule has 1 saturated heterocycles. The summed E-state index contributed by atoms with van der Waals surface area (Å²) in [6.07, 6.45) is 4.99. The van der Waals surface area contributed by atoms with E-state index in [1.165, 1.54) is 25.7 Å². The molecule has 6 nitrogen and oxygen atoms in total. The molecule has 172 valence electrons. The third kappa shape index (κ3) is 6.71. The Hall–Kier alpha value is -2.57. The van der Waals surface area contributed by atoms with Crippen LogP contribution in [0, 0.1) is 11.8 Å². The lowest BCUT2D eigenvalue weighted by Gasteiger charge is -2.31. The van der Waals surface area contributed by atoms with Gasteiger partial charge in [-0.3, -0.25) is 4.99 Å². The molecular formula is C26H36N4O2. The molecule has 0 amide bonds. The van der Waals surface area contributed by atoms with Crippen molar-refractivity contribution in [2.24, 2.45) is 22.6 Å². The highest BCUT2D eigenvalue weighted by Crippen LogP contribution is 2.28. The fourth-order valence-corrected chi connectivity index (χ4v) is 4.50. The predicted molar refractivity (Wildman–Crippen MR) is 130 cm³/mol. The first kappa shape index (κ1) is 22.6. The maximum absolute atomic E-state index is 5.93. The maximum Gasteiger partial charge on any atom is 0.198 e. The Kier molecular flexibility index (Phi) is 8.40. The molecule has 1 saturated carbocycles. The number of ether oxygens (including phenoxy) is 2. The minimum absolute atomic E-state index is 0.569. The van der Waals surface area contributed by atoms with Crippen LogP contribution in [0.3, 0.4) is 0 Å². The second kappa shape index (κ2) is 11.9. The first-order chi connectivity index (χ1) is 15.8. The first-order valence-electron chi connectivity index (χ1n) is 11.9. The molecule has 0 aromatic heterocycles. The van der Waals surface area contributed by atoms with Gasteiger partial charge < -0.3 is 25.4 Å². The standard InChI is InChI=1S/C26H36N4O2/c27-18-22-7-4-8-23(17-22)19-28-26(30-13-15-31-16-14-30)29-24-9-11-25(12-10-24)32-20-21-5-2-1-3-6-21/h1-3,5-6,9-12,22-23H,4,7-8,13-20,27H2,(H,28,29). The van der Waals surface area contributed by atoms with E-state index >= 15 is 0 Å². The van der Waals surface area contributed by atoms with Crippen molar-refractivity contribution in [3.63, 3.8) is 0 Å². The molecule has 3 N–H and O–H groups in total. The quantitative estimate of drug-likeness (QED) is 0.504. The van der Waals surface area contributed by atoms with E-state index in [1.54, 1.807) is 0 Å². The second-order valence-corrected chi connectivity index (χ2v) is 8.82. The molecule has 0 radical (unpaired) electrons. The van der Waals surface area contributed by atoms with E-state index in [1.807, 2.05) is 30.3 Å². The molecule has 2 aromatic rings. The van der Waals surface area contributed by atoms with Crippen molar-refractivity contribution in [2.45, 2.75) is 32.3 Å². The van der Waals surface area contributed by atoms with Crippen molar-refractivity contribution >= 4 is 11.6 Å². The smallest absolute Gasteiger partial charge is 0.198 e. The van der Waals surface area contributed by atoms with Crippen LogP contribution in [0.25, 0.3) is 0 Å². The molecule has 2 atom stereocenters. The number of benzene rings is 2. The Labute approximate surface area is 191 Å². The fourth-order valence-electron chi connectivity index (χ4n) is 4.50. The summed E-state index contributed by atoms with van der Waals surface area (Å²) in [6, 6.07) is 18.4. The lowest BCUT2D eigenvalue weighted by Crippen LogP contribution is -2.44. The number of hydrogen-bond acceptors (Lipinski definition) is 4. The van der Waals surface area contributed by atoms with Gasteiger partial charge in [-0.15, -0.1) is 0 Å². The number of nitrogens with two attached hydrogens (primary N) is 1. The highest BCUT2D eigenvalue weighted by molar-refractivity contribution is 5.93. The van der Waals surface area contributed by atoms with Crippen LogP contribution in [0.1, 0.15) is 31.2 Å². The van der Waals surface area contributed by atoms with Gasteiger partial charge in [0, 0.05) is 25.3 Å². The highest BCUT2D eigenvalue weighted by atomic mass is 16.5. The Morgan fingerprint density at radius 3 is 2.53 bits per heavy atom. The summed E-state index contributed by atoms with van der Waals surface area (Å²) < 4.78 is 11.5. The summed E-state index contributed by atoms with van der Waals surface area (Å²) in [5.74, 6) is 3.09. The summed E-state index contributed by atoms with van der Waals surface area (Å²) in [4.78, 5) is 7.34. The number of anilines is 1. The van der Waals surface area contributed by atoms with Gasteiger partial charge in [0.15, 0.2) is 5.96 Å². The number of aliphatic imine (C=N–C) groups is 1. The number of guanidine groups is 1. The summed E-state index contributed by atoms with van der Waals surface area (Å²) in [5, 5.41) is 3.55. The van der Waals surface area contributed by atoms with Crippen molar-refractivity contribution in [1.29, 1.82) is 0 Å². The van der Waals surface area contributed by atoms with E-state index in [9.17, 15) is 0 Å². The molecule has 0 bridgehead atoms. The van der Waals surface area contributed by atoms with Gasteiger partial charge in [-0.2, -0.15) is 0 Å². The number of morpholine rings is 1. The van der Waals surface area contributed by atoms with E-state index < -0.39 is 0 Å². The topological polar surface area (TPSA) is 72.1 Å². The molecule has 2 aliphatic rings. The summed E-state index contributed by atoms with van der Waals surface area (Å²) in [7, 11) is 0. The molecule has 2 aromatic carbocycles. The number of rotatable bonds is 7. The Morgan fingerprint density at radius 1 is 1.03 bits per heavy atom. The molecular weight excluding hydrogens is 400 g/mol. The zero-order valence-electron chi connectivity index (χ0n) is 18.9. The van der Waals surface area contributed by atoms with Crippen LogP contribution in [-0.2, 0) is 11.3 Å². The Bertz CT molecular complexity index is 835. The van der Waals surface area contributed by atoms with E-state index in [4.69, 9.17) is 20.2 Å². The third-order valence-electron chi connectivity index (χ3n) is 6.39. The largest absolute Gasteiger partial charge is 0.489 e. The number of nitrogens with one attached hydrogen (secondary N) is 1. The molecule has 4 rings (SSSR count). The summed E-state index contributed by atoms with van der Waals surface area (Å²) >= 11 is 0. The lowest BCUT2D eigenvalue weighted by atomic mass is 9.81. The first-order valence-corrected chi connectivity index (χ1v) is 11.9. The summed E-state index contributed by atoms with van der Waals surface area (Å²) in [5.41, 5.74) is 8.11. The molecule has 6 heteroatoms. The Balaban J connectivity index is 1.37. The monoisotopic (exact) mass is 436 g/mol. The highest BCUT2D eigenvalue weighted by Gasteiger charge is 2.22. The van der Waals surface area contributed by atoms with Crippen LogP contribution in [0.4, 0.5) is 5.69 Å². The molecule has 32 heavy (non-hydrogen) atoms. The van der Waals surface area contributed by atoms with Gasteiger partial charge in [0.05, 0.1) is 13.2 Å². The van der Waals surface area contributed by atoms with Gasteiger partial charge in [-0.1, -0.05) is 36.8 Å². The zero-order chi connectivity index (χ0) is 22.0. The van der Waals surface area contributed by atoms with Crippen LogP contribution >= 0.6 is 0 Å². The van der Waals surface area contributed by atoms with Crippen molar-refractivity contribution in [2.75, 3.05) is 44.7 Å². The lowest BCUT2D eigenvalue weighted by molar-refractivity contribution is 0.0678. The van der Waals surface area contributed by atoms with Crippen LogP contribution in [0.5, 0.6) is 5.75 Å². The predicted octanol–water partition coefficient (Wildman–Crippen LogP) is 4.13. The van der Waals surface area contributed by atoms with Crippen LogP contribution in [0.15, 0.2) is 59.6 Å². The van der Waals surface area contributed by atoms with Gasteiger partial charge in [-0.25, -0.2) is 0 Å². The molecule has 1 aliphatic carbocycles. The number of hydrogen-bond donors (Lipinski definition) is 2. The van der Waals surface area contributed by atoms with Crippen molar-refractivity contribution in [3.8, 4) is 5.75 Å². The molecule has 2 unspecified atom stereocenters. The average molecular weight is 437 g/mol. The Morgan fingerprint density at radius 2 is 1.78 bits per heavy atom. The molecule has 1 aliphatic heterocycles. The minimum Gasteiger partial charge on any atom is -0.489 e. The van der Waals surface area contributed by atoms with Gasteiger partial charge in [0.25, 0.3) is 0 Å². The zero-order valence-corrected chi connectivity index (χ0v) is 18.9. The SMILES string of the molecule is NCC1CCCC(CN=C(Nc2ccc(OCc3ccccc3)cc2)N2CCOCC2)C1. The van der Waals surface area contributed by atoms with Gasteiger partial charge in [0.2, 0.25) is 0 Å². The van der Waals surface area contributed by atoms with Gasteiger partial charge in [0.1, 0.15) is 12.4 Å². The van der Waals surface area contributed by atoms with E-state index in [-0.39, 0.29) is 0 Å². The number of nitrogens with zero attached hydrogens (tertiary/aromatic N) is 2. The minimum atomic E-state index is 0.569. The van der Waals surface area contributed by atoms with Crippen LogP contribution < -0.4 is 15.8 Å². The van der Waals surface area contributed by atoms with Crippen molar-refractivity contribution in [3.05, 3.63) is 60.2 Å². The molecule has 2 fully saturated rings. The average Bonchev–Trinajstić information content (AvgIpc) is 2.87. The molecule has 0 spiro atoms. The maximum atomic E-state index is 5.93. The van der Waals surface area contributed by atoms with Crippen molar-refractivity contribution < 1.29 is 9.47 Å². The van der Waals surface area contributed by atoms with E-state index in [0.29, 0.717) is 18.4 Å². The summed E-state index contributed by atoms with van der Waals surface area (Å²) in [6.45, 7) is 5.43. The van der Waals surface area contributed by atoms with E-state index in [0.717, 1.165) is 62.4 Å².